The van der Waals surface area contributed by atoms with Crippen LogP contribution in [0, 0.1) is 5.92 Å². The standard InChI is InChI=1S/C14H24N4O.2ClH/c1-2-15-11-13-3-8-18(9-4-13)14(19)5-7-17-10-6-16-12-17;;/h6,10,12-13,15H,2-5,7-9,11H2,1H3;2*1H. The Morgan fingerprint density at radius 3 is 2.62 bits per heavy atom. The molecule has 5 nitrogen and oxygen atoms in total. The molecule has 1 N–H and O–H groups in total. The van der Waals surface area contributed by atoms with Gasteiger partial charge in [-0.3, -0.25) is 4.79 Å². The smallest absolute Gasteiger partial charge is 0.224 e. The predicted octanol–water partition coefficient (Wildman–Crippen LogP) is 1.96. The van der Waals surface area contributed by atoms with E-state index < -0.39 is 0 Å². The van der Waals surface area contributed by atoms with Crippen LogP contribution in [-0.4, -0.2) is 46.5 Å². The molecular formula is C14H26Cl2N4O. The van der Waals surface area contributed by atoms with E-state index in [1.807, 2.05) is 15.7 Å². The van der Waals surface area contributed by atoms with E-state index in [0.29, 0.717) is 6.42 Å². The van der Waals surface area contributed by atoms with Crippen molar-refractivity contribution in [3.8, 4) is 0 Å². The average Bonchev–Trinajstić information content (AvgIpc) is 2.96. The summed E-state index contributed by atoms with van der Waals surface area (Å²) in [4.78, 5) is 18.1. The molecule has 0 aliphatic carbocycles. The van der Waals surface area contributed by atoms with Crippen molar-refractivity contribution in [1.29, 1.82) is 0 Å². The van der Waals surface area contributed by atoms with E-state index in [4.69, 9.17) is 0 Å². The Balaban J connectivity index is 0.00000200. The number of halogens is 2. The van der Waals surface area contributed by atoms with Crippen LogP contribution in [0.1, 0.15) is 26.2 Å². The van der Waals surface area contributed by atoms with Crippen LogP contribution in [0.25, 0.3) is 0 Å². The van der Waals surface area contributed by atoms with E-state index in [0.717, 1.165) is 51.5 Å². The quantitative estimate of drug-likeness (QED) is 0.863. The SMILES string of the molecule is CCNCC1CCN(C(=O)CCn2ccnc2)CC1.Cl.Cl. The molecule has 1 fully saturated rings. The number of nitrogens with zero attached hydrogens (tertiary/aromatic N) is 3. The highest BCUT2D eigenvalue weighted by molar-refractivity contribution is 5.85. The number of amides is 1. The van der Waals surface area contributed by atoms with E-state index in [9.17, 15) is 4.79 Å². The van der Waals surface area contributed by atoms with Crippen LogP contribution in [-0.2, 0) is 11.3 Å². The van der Waals surface area contributed by atoms with Gasteiger partial charge in [-0.2, -0.15) is 0 Å². The van der Waals surface area contributed by atoms with Gasteiger partial charge in [-0.15, -0.1) is 24.8 Å². The Bertz CT molecular complexity index is 378. The molecule has 7 heteroatoms. The zero-order chi connectivity index (χ0) is 13.5. The lowest BCUT2D eigenvalue weighted by Crippen LogP contribution is -2.41. The van der Waals surface area contributed by atoms with Crippen molar-refractivity contribution in [2.45, 2.75) is 32.7 Å². The monoisotopic (exact) mass is 336 g/mol. The summed E-state index contributed by atoms with van der Waals surface area (Å²) in [6.07, 6.45) is 8.24. The van der Waals surface area contributed by atoms with Crippen LogP contribution in [0.2, 0.25) is 0 Å². The van der Waals surface area contributed by atoms with Gasteiger partial charge in [0.1, 0.15) is 0 Å². The second-order valence-electron chi connectivity index (χ2n) is 5.18. The van der Waals surface area contributed by atoms with Gasteiger partial charge in [0.2, 0.25) is 5.91 Å². The van der Waals surface area contributed by atoms with Crippen molar-refractivity contribution < 1.29 is 4.79 Å². The van der Waals surface area contributed by atoms with Gasteiger partial charge in [-0.25, -0.2) is 4.98 Å². The maximum Gasteiger partial charge on any atom is 0.224 e. The Kier molecular flexibility index (Phi) is 10.5. The third-order valence-corrected chi connectivity index (χ3v) is 3.79. The van der Waals surface area contributed by atoms with Crippen molar-refractivity contribution in [2.75, 3.05) is 26.2 Å². The summed E-state index contributed by atoms with van der Waals surface area (Å²) in [6.45, 7) is 6.82. The highest BCUT2D eigenvalue weighted by Crippen LogP contribution is 2.17. The molecule has 1 amide bonds. The molecule has 0 aromatic carbocycles. The summed E-state index contributed by atoms with van der Waals surface area (Å²) >= 11 is 0. The fourth-order valence-corrected chi connectivity index (χ4v) is 2.54. The fraction of sp³-hybridized carbons (Fsp3) is 0.714. The number of rotatable bonds is 6. The second kappa shape index (κ2) is 10.9. The second-order valence-corrected chi connectivity index (χ2v) is 5.18. The third-order valence-electron chi connectivity index (χ3n) is 3.79. The molecule has 0 bridgehead atoms. The van der Waals surface area contributed by atoms with Gasteiger partial charge < -0.3 is 14.8 Å². The van der Waals surface area contributed by atoms with Gasteiger partial charge >= 0.3 is 0 Å². The number of aromatic nitrogens is 2. The number of aryl methyl sites for hydroxylation is 1. The van der Waals surface area contributed by atoms with Gasteiger partial charge in [0.15, 0.2) is 0 Å². The number of likely N-dealkylation sites (tertiary alicyclic amines) is 1. The molecule has 0 radical (unpaired) electrons. The number of carbonyl (C=O) groups is 1. The van der Waals surface area contributed by atoms with Crippen LogP contribution in [0.5, 0.6) is 0 Å². The molecule has 122 valence electrons. The number of piperidine rings is 1. The first kappa shape index (κ1) is 20.2. The normalized spacial score (nSPS) is 15.2. The molecular weight excluding hydrogens is 311 g/mol. The van der Waals surface area contributed by atoms with Gasteiger partial charge in [-0.05, 0) is 31.8 Å². The van der Waals surface area contributed by atoms with E-state index in [1.54, 1.807) is 12.5 Å². The highest BCUT2D eigenvalue weighted by Gasteiger charge is 2.21. The van der Waals surface area contributed by atoms with Crippen LogP contribution >= 0.6 is 24.8 Å². The summed E-state index contributed by atoms with van der Waals surface area (Å²) in [6, 6.07) is 0. The minimum atomic E-state index is 0. The Labute approximate surface area is 139 Å². The molecule has 0 spiro atoms. The molecule has 1 aromatic heterocycles. The third kappa shape index (κ3) is 6.68. The van der Waals surface area contributed by atoms with Crippen molar-refractivity contribution in [3.63, 3.8) is 0 Å². The lowest BCUT2D eigenvalue weighted by molar-refractivity contribution is -0.132. The summed E-state index contributed by atoms with van der Waals surface area (Å²) in [5.41, 5.74) is 0. The maximum atomic E-state index is 12.1. The van der Waals surface area contributed by atoms with Crippen LogP contribution in [0.4, 0.5) is 0 Å². The van der Waals surface area contributed by atoms with Crippen molar-refractivity contribution in [3.05, 3.63) is 18.7 Å². The van der Waals surface area contributed by atoms with Gasteiger partial charge in [0, 0.05) is 38.4 Å². The highest BCUT2D eigenvalue weighted by atomic mass is 35.5. The molecule has 2 heterocycles. The minimum Gasteiger partial charge on any atom is -0.343 e. The zero-order valence-corrected chi connectivity index (χ0v) is 14.2. The largest absolute Gasteiger partial charge is 0.343 e. The van der Waals surface area contributed by atoms with E-state index >= 15 is 0 Å². The molecule has 1 aliphatic heterocycles. The number of hydrogen-bond acceptors (Lipinski definition) is 3. The fourth-order valence-electron chi connectivity index (χ4n) is 2.54. The Morgan fingerprint density at radius 1 is 1.33 bits per heavy atom. The summed E-state index contributed by atoms with van der Waals surface area (Å²) < 4.78 is 1.95. The lowest BCUT2D eigenvalue weighted by atomic mass is 9.96. The van der Waals surface area contributed by atoms with E-state index in [1.165, 1.54) is 0 Å². The van der Waals surface area contributed by atoms with E-state index in [-0.39, 0.29) is 30.7 Å². The first-order chi connectivity index (χ1) is 9.29. The molecule has 1 aliphatic rings. The molecule has 0 atom stereocenters. The summed E-state index contributed by atoms with van der Waals surface area (Å²) in [5.74, 6) is 1.01. The number of nitrogens with one attached hydrogen (secondary N) is 1. The topological polar surface area (TPSA) is 50.2 Å². The molecule has 1 saturated heterocycles. The first-order valence-electron chi connectivity index (χ1n) is 7.24. The first-order valence-corrected chi connectivity index (χ1v) is 7.24. The maximum absolute atomic E-state index is 12.1. The molecule has 0 unspecified atom stereocenters. The van der Waals surface area contributed by atoms with Crippen molar-refractivity contribution in [1.82, 2.24) is 19.8 Å². The zero-order valence-electron chi connectivity index (χ0n) is 12.5. The number of imidazole rings is 1. The molecule has 0 saturated carbocycles. The Hall–Kier alpha value is -0.780. The minimum absolute atomic E-state index is 0. The number of carbonyl (C=O) groups excluding carboxylic acids is 1. The summed E-state index contributed by atoms with van der Waals surface area (Å²) in [7, 11) is 0. The predicted molar refractivity (Wildman–Crippen MR) is 89.2 cm³/mol. The number of hydrogen-bond donors (Lipinski definition) is 1. The van der Waals surface area contributed by atoms with Crippen molar-refractivity contribution in [2.24, 2.45) is 5.92 Å². The molecule has 21 heavy (non-hydrogen) atoms. The van der Waals surface area contributed by atoms with Crippen LogP contribution in [0.15, 0.2) is 18.7 Å². The molecule has 1 aromatic rings. The van der Waals surface area contributed by atoms with Crippen LogP contribution in [0.3, 0.4) is 0 Å². The van der Waals surface area contributed by atoms with Gasteiger partial charge in [-0.1, -0.05) is 6.92 Å². The lowest BCUT2D eigenvalue weighted by Gasteiger charge is -2.32. The molecule has 2 rings (SSSR count). The average molecular weight is 337 g/mol. The van der Waals surface area contributed by atoms with E-state index in [2.05, 4.69) is 17.2 Å². The van der Waals surface area contributed by atoms with Crippen LogP contribution < -0.4 is 5.32 Å². The van der Waals surface area contributed by atoms with Gasteiger partial charge in [0.25, 0.3) is 0 Å². The van der Waals surface area contributed by atoms with Crippen molar-refractivity contribution >= 4 is 30.7 Å². The van der Waals surface area contributed by atoms with Gasteiger partial charge in [0.05, 0.1) is 6.33 Å². The Morgan fingerprint density at radius 2 is 2.05 bits per heavy atom. The summed E-state index contributed by atoms with van der Waals surface area (Å²) in [5, 5.41) is 3.39.